The molecule has 0 bridgehead atoms. The molecule has 0 atom stereocenters. The Balaban J connectivity index is 2.01. The highest BCUT2D eigenvalue weighted by atomic mass is 32.2. The van der Waals surface area contributed by atoms with Crippen molar-refractivity contribution in [3.05, 3.63) is 92.5 Å². The van der Waals surface area contributed by atoms with Crippen LogP contribution in [0.2, 0.25) is 0 Å². The van der Waals surface area contributed by atoms with Gasteiger partial charge in [0.2, 0.25) is 0 Å². The van der Waals surface area contributed by atoms with Crippen molar-refractivity contribution in [1.29, 1.82) is 0 Å². The number of hydrogen-bond donors (Lipinski definition) is 2. The number of ether oxygens (including phenoxy) is 1. The Morgan fingerprint density at radius 1 is 0.722 bits per heavy atom. The maximum absolute atomic E-state index is 12.9. The van der Waals surface area contributed by atoms with Gasteiger partial charge in [0.25, 0.3) is 31.4 Å². The molecule has 0 aliphatic heterocycles. The van der Waals surface area contributed by atoms with E-state index in [0.29, 0.717) is 0 Å². The molecule has 0 saturated carbocycles. The Bertz CT molecular complexity index is 1550. The molecule has 3 aromatic rings. The molecule has 0 aromatic heterocycles. The molecule has 0 fully saturated rings. The van der Waals surface area contributed by atoms with Gasteiger partial charge in [-0.05, 0) is 42.5 Å². The largest absolute Gasteiger partial charge is 0.465 e. The first-order valence-electron chi connectivity index (χ1n) is 9.61. The lowest BCUT2D eigenvalue weighted by Gasteiger charge is -2.16. The molecule has 0 heterocycles. The highest BCUT2D eigenvalue weighted by Crippen LogP contribution is 2.29. The number of esters is 1. The topological polar surface area (TPSA) is 205 Å². The Kier molecular flexibility index (Phi) is 7.21. The second kappa shape index (κ2) is 9.96. The van der Waals surface area contributed by atoms with E-state index in [1.54, 1.807) is 0 Å². The molecule has 0 saturated heterocycles. The quantitative estimate of drug-likeness (QED) is 0.232. The number of nitrogens with one attached hydrogen (secondary N) is 2. The van der Waals surface area contributed by atoms with Gasteiger partial charge in [0.05, 0.1) is 43.7 Å². The van der Waals surface area contributed by atoms with Crippen LogP contribution in [0.4, 0.5) is 22.7 Å². The van der Waals surface area contributed by atoms with E-state index < -0.39 is 35.9 Å². The van der Waals surface area contributed by atoms with Crippen molar-refractivity contribution >= 4 is 48.8 Å². The average Bonchev–Trinajstić information content (AvgIpc) is 2.84. The van der Waals surface area contributed by atoms with E-state index in [0.717, 1.165) is 67.8 Å². The van der Waals surface area contributed by atoms with Gasteiger partial charge in [0.15, 0.2) is 0 Å². The first kappa shape index (κ1) is 26.0. The van der Waals surface area contributed by atoms with Crippen LogP contribution in [-0.2, 0) is 24.8 Å². The number of benzene rings is 3. The van der Waals surface area contributed by atoms with Gasteiger partial charge in [-0.1, -0.05) is 0 Å². The minimum absolute atomic E-state index is 0.114. The van der Waals surface area contributed by atoms with Crippen LogP contribution in [0.15, 0.2) is 76.5 Å². The van der Waals surface area contributed by atoms with Crippen molar-refractivity contribution in [3.63, 3.8) is 0 Å². The van der Waals surface area contributed by atoms with E-state index in [4.69, 9.17) is 0 Å². The number of nitro groups is 2. The standard InChI is InChI=1S/C20H16N4O10S2/c1-34-20(25)13-2-11-18(21-35(30,31)16-7-3-14(4-8-16)23(26)27)19(12-13)22-36(32,33)17-9-5-15(6-10-17)24(28)29/h2-12,21-22H,1H3. The van der Waals surface area contributed by atoms with Crippen LogP contribution in [0, 0.1) is 20.2 Å². The molecule has 0 unspecified atom stereocenters. The summed E-state index contributed by atoms with van der Waals surface area (Å²) in [5.74, 6) is -0.837. The number of hydrogen-bond acceptors (Lipinski definition) is 10. The number of carbonyl (C=O) groups excluding carboxylic acids is 1. The molecule has 0 amide bonds. The Hall–Kier alpha value is -4.57. The van der Waals surface area contributed by atoms with Gasteiger partial charge in [-0.2, -0.15) is 0 Å². The molecule has 3 aromatic carbocycles. The van der Waals surface area contributed by atoms with Crippen LogP contribution < -0.4 is 9.44 Å². The van der Waals surface area contributed by atoms with Gasteiger partial charge in [0, 0.05) is 24.3 Å². The third-order valence-corrected chi connectivity index (χ3v) is 7.41. The van der Waals surface area contributed by atoms with Crippen molar-refractivity contribution < 1.29 is 36.2 Å². The number of carbonyl (C=O) groups is 1. The SMILES string of the molecule is COC(=O)c1ccc(NS(=O)(=O)c2ccc([N+](=O)[O-])cc2)c(NS(=O)(=O)c2ccc([N+](=O)[O-])cc2)c1. The molecule has 36 heavy (non-hydrogen) atoms. The highest BCUT2D eigenvalue weighted by Gasteiger charge is 2.23. The fourth-order valence-electron chi connectivity index (χ4n) is 2.86. The Morgan fingerprint density at radius 3 is 1.53 bits per heavy atom. The number of methoxy groups -OCH3 is 1. The third kappa shape index (κ3) is 5.73. The third-order valence-electron chi connectivity index (χ3n) is 4.64. The molecule has 2 N–H and O–H groups in total. The fraction of sp³-hybridized carbons (Fsp3) is 0.0500. The predicted molar refractivity (Wildman–Crippen MR) is 126 cm³/mol. The molecular formula is C20H16N4O10S2. The van der Waals surface area contributed by atoms with Crippen molar-refractivity contribution in [2.75, 3.05) is 16.6 Å². The minimum Gasteiger partial charge on any atom is -0.465 e. The van der Waals surface area contributed by atoms with E-state index in [9.17, 15) is 41.9 Å². The molecular weight excluding hydrogens is 520 g/mol. The molecule has 0 spiro atoms. The number of rotatable bonds is 9. The van der Waals surface area contributed by atoms with E-state index in [2.05, 4.69) is 14.2 Å². The number of sulfonamides is 2. The van der Waals surface area contributed by atoms with Gasteiger partial charge in [-0.3, -0.25) is 29.7 Å². The summed E-state index contributed by atoms with van der Waals surface area (Å²) in [6, 6.07) is 11.2. The van der Waals surface area contributed by atoms with Crippen LogP contribution in [-0.4, -0.2) is 39.8 Å². The summed E-state index contributed by atoms with van der Waals surface area (Å²) in [6.45, 7) is 0. The molecule has 3 rings (SSSR count). The number of non-ortho nitro benzene ring substituents is 2. The molecule has 0 aliphatic rings. The van der Waals surface area contributed by atoms with Crippen LogP contribution in [0.1, 0.15) is 10.4 Å². The predicted octanol–water partition coefficient (Wildman–Crippen LogP) is 2.89. The summed E-state index contributed by atoms with van der Waals surface area (Å²) in [5.41, 5.74) is -1.45. The molecule has 16 heteroatoms. The summed E-state index contributed by atoms with van der Waals surface area (Å²) >= 11 is 0. The number of nitrogens with zero attached hydrogens (tertiary/aromatic N) is 2. The lowest BCUT2D eigenvalue weighted by Crippen LogP contribution is -2.18. The van der Waals surface area contributed by atoms with Gasteiger partial charge >= 0.3 is 5.97 Å². The maximum atomic E-state index is 12.9. The van der Waals surface area contributed by atoms with Gasteiger partial charge in [-0.25, -0.2) is 21.6 Å². The van der Waals surface area contributed by atoms with Crippen molar-refractivity contribution in [2.45, 2.75) is 9.79 Å². The van der Waals surface area contributed by atoms with Crippen molar-refractivity contribution in [2.24, 2.45) is 0 Å². The summed E-state index contributed by atoms with van der Waals surface area (Å²) in [6.07, 6.45) is 0. The summed E-state index contributed by atoms with van der Waals surface area (Å²) in [4.78, 5) is 31.4. The lowest BCUT2D eigenvalue weighted by molar-refractivity contribution is -0.385. The van der Waals surface area contributed by atoms with Gasteiger partial charge in [-0.15, -0.1) is 0 Å². The first-order valence-corrected chi connectivity index (χ1v) is 12.6. The van der Waals surface area contributed by atoms with E-state index >= 15 is 0 Å². The van der Waals surface area contributed by atoms with Crippen LogP contribution in [0.25, 0.3) is 0 Å². The molecule has 14 nitrogen and oxygen atoms in total. The van der Waals surface area contributed by atoms with Crippen molar-refractivity contribution in [3.8, 4) is 0 Å². The summed E-state index contributed by atoms with van der Waals surface area (Å²) < 4.78 is 60.4. The molecule has 0 radical (unpaired) electrons. The zero-order chi connectivity index (χ0) is 26.7. The van der Waals surface area contributed by atoms with Crippen LogP contribution in [0.5, 0.6) is 0 Å². The van der Waals surface area contributed by atoms with Crippen molar-refractivity contribution in [1.82, 2.24) is 0 Å². The second-order valence-electron chi connectivity index (χ2n) is 6.96. The Labute approximate surface area is 203 Å². The number of nitro benzene ring substituents is 2. The number of anilines is 2. The zero-order valence-corrected chi connectivity index (χ0v) is 19.8. The first-order chi connectivity index (χ1) is 16.8. The van der Waals surface area contributed by atoms with Crippen LogP contribution >= 0.6 is 0 Å². The highest BCUT2D eigenvalue weighted by molar-refractivity contribution is 7.93. The smallest absolute Gasteiger partial charge is 0.337 e. The van der Waals surface area contributed by atoms with E-state index in [1.165, 1.54) is 6.07 Å². The fourth-order valence-corrected chi connectivity index (χ4v) is 5.01. The lowest BCUT2D eigenvalue weighted by atomic mass is 10.2. The van der Waals surface area contributed by atoms with Gasteiger partial charge < -0.3 is 4.74 Å². The molecule has 0 aliphatic carbocycles. The van der Waals surface area contributed by atoms with E-state index in [-0.39, 0.29) is 38.1 Å². The average molecular weight is 537 g/mol. The second-order valence-corrected chi connectivity index (χ2v) is 10.3. The zero-order valence-electron chi connectivity index (χ0n) is 18.1. The maximum Gasteiger partial charge on any atom is 0.337 e. The summed E-state index contributed by atoms with van der Waals surface area (Å²) in [7, 11) is -7.66. The summed E-state index contributed by atoms with van der Waals surface area (Å²) in [5, 5.41) is 21.6. The van der Waals surface area contributed by atoms with Crippen LogP contribution in [0.3, 0.4) is 0 Å². The molecule has 188 valence electrons. The normalized spacial score (nSPS) is 11.4. The van der Waals surface area contributed by atoms with E-state index in [1.807, 2.05) is 0 Å². The van der Waals surface area contributed by atoms with Gasteiger partial charge in [0.1, 0.15) is 0 Å². The monoisotopic (exact) mass is 536 g/mol. The Morgan fingerprint density at radius 2 is 1.14 bits per heavy atom. The minimum atomic E-state index is -4.40.